The van der Waals surface area contributed by atoms with Crippen molar-refractivity contribution in [3.8, 4) is 0 Å². The summed E-state index contributed by atoms with van der Waals surface area (Å²) in [6.45, 7) is 2.12. The van der Waals surface area contributed by atoms with Crippen molar-refractivity contribution >= 4 is 55.8 Å². The van der Waals surface area contributed by atoms with Crippen LogP contribution in [0.25, 0.3) is 0 Å². The molecule has 0 saturated carbocycles. The summed E-state index contributed by atoms with van der Waals surface area (Å²) < 4.78 is 2.23. The first kappa shape index (κ1) is 14.2. The predicted molar refractivity (Wildman–Crippen MR) is 90.3 cm³/mol. The van der Waals surface area contributed by atoms with Crippen LogP contribution in [-0.2, 0) is 0 Å². The third-order valence-electron chi connectivity index (χ3n) is 2.67. The highest BCUT2D eigenvalue weighted by Crippen LogP contribution is 2.28. The Balaban J connectivity index is 2.15. The Morgan fingerprint density at radius 2 is 1.83 bits per heavy atom. The molecule has 0 bridgehead atoms. The molecule has 0 aromatic heterocycles. The Bertz CT molecular complexity index is 542. The highest BCUT2D eigenvalue weighted by atomic mass is 127. The zero-order chi connectivity index (χ0) is 13.1. The number of benzene rings is 2. The second kappa shape index (κ2) is 6.26. The molecule has 0 spiro atoms. The lowest BCUT2D eigenvalue weighted by Gasteiger charge is -2.17. The summed E-state index contributed by atoms with van der Waals surface area (Å²) >= 11 is 11.9. The summed E-state index contributed by atoms with van der Waals surface area (Å²) in [5, 5.41) is 4.18. The fourth-order valence-electron chi connectivity index (χ4n) is 1.67. The Morgan fingerprint density at radius 1 is 1.17 bits per heavy atom. The van der Waals surface area contributed by atoms with Gasteiger partial charge in [-0.2, -0.15) is 0 Å². The van der Waals surface area contributed by atoms with E-state index in [0.29, 0.717) is 0 Å². The van der Waals surface area contributed by atoms with E-state index < -0.39 is 0 Å². The average molecular weight is 437 g/mol. The van der Waals surface area contributed by atoms with E-state index >= 15 is 0 Å². The van der Waals surface area contributed by atoms with Crippen LogP contribution in [-0.4, -0.2) is 0 Å². The molecule has 1 atom stereocenters. The molecule has 1 N–H and O–H groups in total. The van der Waals surface area contributed by atoms with Gasteiger partial charge < -0.3 is 5.32 Å². The first-order valence-corrected chi connectivity index (χ1v) is 7.78. The second-order valence-corrected chi connectivity index (χ2v) is 6.61. The molecule has 4 heteroatoms. The maximum absolute atomic E-state index is 6.21. The van der Waals surface area contributed by atoms with Crippen LogP contribution in [0.2, 0.25) is 5.02 Å². The van der Waals surface area contributed by atoms with Crippen molar-refractivity contribution in [3.05, 3.63) is 61.1 Å². The third-order valence-corrected chi connectivity index (χ3v) is 4.19. The number of rotatable bonds is 3. The number of hydrogen-bond acceptors (Lipinski definition) is 1. The minimum atomic E-state index is 0.218. The Morgan fingerprint density at radius 3 is 2.44 bits per heavy atom. The summed E-state index contributed by atoms with van der Waals surface area (Å²) in [4.78, 5) is 0. The average Bonchev–Trinajstić information content (AvgIpc) is 2.33. The van der Waals surface area contributed by atoms with E-state index in [1.54, 1.807) is 0 Å². The number of anilines is 1. The third kappa shape index (κ3) is 3.62. The number of hydrogen-bond donors (Lipinski definition) is 1. The van der Waals surface area contributed by atoms with Crippen molar-refractivity contribution in [2.75, 3.05) is 5.32 Å². The zero-order valence-electron chi connectivity index (χ0n) is 9.75. The van der Waals surface area contributed by atoms with E-state index in [2.05, 4.69) is 62.9 Å². The summed E-state index contributed by atoms with van der Waals surface area (Å²) in [5.74, 6) is 0. The molecule has 0 heterocycles. The van der Waals surface area contributed by atoms with Crippen molar-refractivity contribution in [2.24, 2.45) is 0 Å². The van der Waals surface area contributed by atoms with Crippen LogP contribution in [0.1, 0.15) is 18.5 Å². The topological polar surface area (TPSA) is 12.0 Å². The van der Waals surface area contributed by atoms with Crippen LogP contribution >= 0.6 is 50.1 Å². The second-order valence-electron chi connectivity index (χ2n) is 4.04. The molecule has 94 valence electrons. The Labute approximate surface area is 134 Å². The van der Waals surface area contributed by atoms with Gasteiger partial charge in [0.2, 0.25) is 0 Å². The van der Waals surface area contributed by atoms with Crippen LogP contribution in [0.4, 0.5) is 5.69 Å². The molecule has 0 aliphatic rings. The smallest absolute Gasteiger partial charge is 0.0648 e. The summed E-state index contributed by atoms with van der Waals surface area (Å²) in [6.07, 6.45) is 0. The first-order valence-electron chi connectivity index (χ1n) is 5.53. The van der Waals surface area contributed by atoms with Crippen molar-refractivity contribution in [2.45, 2.75) is 13.0 Å². The van der Waals surface area contributed by atoms with Gasteiger partial charge in [0.15, 0.2) is 0 Å². The minimum Gasteiger partial charge on any atom is -0.377 e. The van der Waals surface area contributed by atoms with Gasteiger partial charge in [-0.3, -0.25) is 0 Å². The van der Waals surface area contributed by atoms with Gasteiger partial charge in [-0.15, -0.1) is 0 Å². The van der Waals surface area contributed by atoms with Crippen LogP contribution < -0.4 is 5.32 Å². The van der Waals surface area contributed by atoms with Crippen LogP contribution in [0.15, 0.2) is 46.9 Å². The highest BCUT2D eigenvalue weighted by molar-refractivity contribution is 14.1. The SMILES string of the molecule is CC(Nc1ccc(I)cc1Cl)c1ccc(Br)cc1. The fraction of sp³-hybridized carbons (Fsp3) is 0.143. The van der Waals surface area contributed by atoms with Gasteiger partial charge >= 0.3 is 0 Å². The van der Waals surface area contributed by atoms with E-state index in [0.717, 1.165) is 18.8 Å². The fourth-order valence-corrected chi connectivity index (χ4v) is 2.85. The monoisotopic (exact) mass is 435 g/mol. The number of nitrogens with one attached hydrogen (secondary N) is 1. The molecule has 0 aliphatic heterocycles. The van der Waals surface area contributed by atoms with Gasteiger partial charge in [-0.1, -0.05) is 39.7 Å². The molecule has 0 amide bonds. The molecule has 2 aromatic carbocycles. The molecule has 1 unspecified atom stereocenters. The summed E-state index contributed by atoms with van der Waals surface area (Å²) in [6, 6.07) is 14.5. The van der Waals surface area contributed by atoms with E-state index in [-0.39, 0.29) is 6.04 Å². The maximum atomic E-state index is 6.21. The Kier molecular flexibility index (Phi) is 4.92. The molecule has 0 fully saturated rings. The summed E-state index contributed by atoms with van der Waals surface area (Å²) in [7, 11) is 0. The lowest BCUT2D eigenvalue weighted by atomic mass is 10.1. The number of halogens is 3. The molecule has 18 heavy (non-hydrogen) atoms. The lowest BCUT2D eigenvalue weighted by molar-refractivity contribution is 0.884. The summed E-state index contributed by atoms with van der Waals surface area (Å²) in [5.41, 5.74) is 2.19. The van der Waals surface area contributed by atoms with Crippen molar-refractivity contribution in [1.82, 2.24) is 0 Å². The normalized spacial score (nSPS) is 12.2. The van der Waals surface area contributed by atoms with E-state index in [9.17, 15) is 0 Å². The van der Waals surface area contributed by atoms with Crippen LogP contribution in [0, 0.1) is 3.57 Å². The molecule has 0 aliphatic carbocycles. The van der Waals surface area contributed by atoms with Gasteiger partial charge in [0.25, 0.3) is 0 Å². The van der Waals surface area contributed by atoms with E-state index in [1.807, 2.05) is 30.3 Å². The van der Waals surface area contributed by atoms with E-state index in [1.165, 1.54) is 5.56 Å². The van der Waals surface area contributed by atoms with E-state index in [4.69, 9.17) is 11.6 Å². The van der Waals surface area contributed by atoms with Gasteiger partial charge in [0, 0.05) is 14.1 Å². The van der Waals surface area contributed by atoms with Crippen molar-refractivity contribution in [1.29, 1.82) is 0 Å². The van der Waals surface area contributed by atoms with Gasteiger partial charge in [-0.25, -0.2) is 0 Å². The largest absolute Gasteiger partial charge is 0.377 e. The minimum absolute atomic E-state index is 0.218. The molecule has 2 aromatic rings. The maximum Gasteiger partial charge on any atom is 0.0648 e. The van der Waals surface area contributed by atoms with Crippen molar-refractivity contribution < 1.29 is 0 Å². The molecular weight excluding hydrogens is 424 g/mol. The molecule has 0 radical (unpaired) electrons. The van der Waals surface area contributed by atoms with Crippen LogP contribution in [0.5, 0.6) is 0 Å². The standard InChI is InChI=1S/C14H12BrClIN/c1-9(10-2-4-11(15)5-3-10)18-14-7-6-12(17)8-13(14)16/h2-9,18H,1H3. The van der Waals surface area contributed by atoms with Gasteiger partial charge in [0.1, 0.15) is 0 Å². The lowest BCUT2D eigenvalue weighted by Crippen LogP contribution is -2.06. The molecular formula is C14H12BrClIN. The molecule has 2 rings (SSSR count). The predicted octanol–water partition coefficient (Wildman–Crippen LogP) is 5.88. The molecule has 1 nitrogen and oxygen atoms in total. The first-order chi connectivity index (χ1) is 8.56. The zero-order valence-corrected chi connectivity index (χ0v) is 14.3. The quantitative estimate of drug-likeness (QED) is 0.593. The van der Waals surface area contributed by atoms with Crippen molar-refractivity contribution in [3.63, 3.8) is 0 Å². The Hall–Kier alpha value is -0.260. The molecule has 0 saturated heterocycles. The van der Waals surface area contributed by atoms with Crippen LogP contribution in [0.3, 0.4) is 0 Å². The van der Waals surface area contributed by atoms with Gasteiger partial charge in [-0.05, 0) is 65.4 Å². The highest BCUT2D eigenvalue weighted by Gasteiger charge is 2.07. The van der Waals surface area contributed by atoms with Gasteiger partial charge in [0.05, 0.1) is 10.7 Å².